The molecular weight excluding hydrogens is 252 g/mol. The molecule has 0 aliphatic heterocycles. The molecule has 116 valence electrons. The van der Waals surface area contributed by atoms with Gasteiger partial charge in [0.1, 0.15) is 0 Å². The molecule has 20 heavy (non-hydrogen) atoms. The quantitative estimate of drug-likeness (QED) is 0.753. The van der Waals surface area contributed by atoms with E-state index in [4.69, 9.17) is 10.5 Å². The van der Waals surface area contributed by atoms with Crippen LogP contribution in [0.25, 0.3) is 0 Å². The Balaban J connectivity index is 1.84. The minimum atomic E-state index is -0.638. The molecule has 2 saturated carbocycles. The summed E-state index contributed by atoms with van der Waals surface area (Å²) >= 11 is 0. The van der Waals surface area contributed by atoms with Crippen molar-refractivity contribution in [3.05, 3.63) is 0 Å². The first-order valence-corrected chi connectivity index (χ1v) is 8.12. The van der Waals surface area contributed by atoms with Crippen LogP contribution in [-0.2, 0) is 9.53 Å². The maximum absolute atomic E-state index is 11.8. The van der Waals surface area contributed by atoms with Gasteiger partial charge >= 0.3 is 0 Å². The summed E-state index contributed by atoms with van der Waals surface area (Å²) in [5.41, 5.74) is 4.96. The smallest absolute Gasteiger partial charge is 0.237 e. The second kappa shape index (κ2) is 6.44. The van der Waals surface area contributed by atoms with E-state index in [9.17, 15) is 4.79 Å². The van der Waals surface area contributed by atoms with Crippen molar-refractivity contribution in [2.75, 3.05) is 0 Å². The van der Waals surface area contributed by atoms with E-state index in [0.717, 1.165) is 31.6 Å². The van der Waals surface area contributed by atoms with Crippen LogP contribution in [-0.4, -0.2) is 29.7 Å². The normalized spacial score (nSPS) is 31.6. The van der Waals surface area contributed by atoms with Crippen LogP contribution >= 0.6 is 0 Å². The molecule has 0 spiro atoms. The SMILES string of the molecule is CC1CCCC(OC(C)CC(C)(NC2CC2)C(N)=O)C1. The van der Waals surface area contributed by atoms with Gasteiger partial charge in [0.25, 0.3) is 0 Å². The number of hydrogen-bond acceptors (Lipinski definition) is 3. The van der Waals surface area contributed by atoms with Crippen molar-refractivity contribution in [1.82, 2.24) is 5.32 Å². The fourth-order valence-corrected chi connectivity index (χ4v) is 3.36. The Morgan fingerprint density at radius 1 is 1.40 bits per heavy atom. The van der Waals surface area contributed by atoms with Crippen LogP contribution in [0.1, 0.15) is 65.7 Å². The van der Waals surface area contributed by atoms with Gasteiger partial charge in [0.2, 0.25) is 5.91 Å². The lowest BCUT2D eigenvalue weighted by Gasteiger charge is -2.34. The van der Waals surface area contributed by atoms with Gasteiger partial charge in [-0.1, -0.05) is 19.8 Å². The summed E-state index contributed by atoms with van der Waals surface area (Å²) in [4.78, 5) is 11.8. The molecule has 2 rings (SSSR count). The summed E-state index contributed by atoms with van der Waals surface area (Å²) in [5, 5.41) is 3.39. The average molecular weight is 282 g/mol. The van der Waals surface area contributed by atoms with Gasteiger partial charge in [0.15, 0.2) is 0 Å². The molecule has 2 aliphatic rings. The highest BCUT2D eigenvalue weighted by atomic mass is 16.5. The summed E-state index contributed by atoms with van der Waals surface area (Å²) in [6.45, 7) is 6.27. The highest BCUT2D eigenvalue weighted by molar-refractivity contribution is 5.84. The van der Waals surface area contributed by atoms with Crippen LogP contribution in [0, 0.1) is 5.92 Å². The van der Waals surface area contributed by atoms with E-state index < -0.39 is 5.54 Å². The van der Waals surface area contributed by atoms with Gasteiger partial charge in [0, 0.05) is 12.5 Å². The molecule has 4 nitrogen and oxygen atoms in total. The number of carbonyl (C=O) groups is 1. The summed E-state index contributed by atoms with van der Waals surface area (Å²) in [6.07, 6.45) is 8.25. The first-order chi connectivity index (χ1) is 9.39. The molecule has 2 fully saturated rings. The third kappa shape index (κ3) is 4.45. The van der Waals surface area contributed by atoms with Gasteiger partial charge in [0.05, 0.1) is 17.7 Å². The third-order valence-corrected chi connectivity index (χ3v) is 4.65. The second-order valence-electron chi connectivity index (χ2n) is 7.16. The Kier molecular flexibility index (Phi) is 5.08. The highest BCUT2D eigenvalue weighted by Gasteiger charge is 2.38. The molecule has 0 aromatic heterocycles. The molecule has 4 heteroatoms. The Hall–Kier alpha value is -0.610. The highest BCUT2D eigenvalue weighted by Crippen LogP contribution is 2.29. The molecule has 0 aromatic rings. The minimum absolute atomic E-state index is 0.0639. The number of hydrogen-bond donors (Lipinski definition) is 2. The molecule has 0 aromatic carbocycles. The predicted octanol–water partition coefficient (Wildman–Crippen LogP) is 2.36. The van der Waals surface area contributed by atoms with Gasteiger partial charge in [-0.3, -0.25) is 4.79 Å². The number of carbonyl (C=O) groups excluding carboxylic acids is 1. The number of amides is 1. The molecule has 4 atom stereocenters. The number of ether oxygens (including phenoxy) is 1. The van der Waals surface area contributed by atoms with Crippen molar-refractivity contribution in [2.45, 2.75) is 89.5 Å². The summed E-state index contributed by atoms with van der Waals surface area (Å²) in [7, 11) is 0. The van der Waals surface area contributed by atoms with Crippen LogP contribution in [0.5, 0.6) is 0 Å². The topological polar surface area (TPSA) is 64.3 Å². The van der Waals surface area contributed by atoms with E-state index >= 15 is 0 Å². The molecule has 1 amide bonds. The molecule has 0 radical (unpaired) electrons. The third-order valence-electron chi connectivity index (χ3n) is 4.65. The number of nitrogens with one attached hydrogen (secondary N) is 1. The van der Waals surface area contributed by atoms with E-state index in [-0.39, 0.29) is 12.0 Å². The van der Waals surface area contributed by atoms with Crippen molar-refractivity contribution in [1.29, 1.82) is 0 Å². The molecular formula is C16H30N2O2. The summed E-state index contributed by atoms with van der Waals surface area (Å²) < 4.78 is 6.16. The summed E-state index contributed by atoms with van der Waals surface area (Å²) in [5.74, 6) is 0.491. The lowest BCUT2D eigenvalue weighted by atomic mass is 9.88. The fourth-order valence-electron chi connectivity index (χ4n) is 3.36. The zero-order valence-corrected chi connectivity index (χ0v) is 13.2. The van der Waals surface area contributed by atoms with E-state index in [1.807, 2.05) is 6.92 Å². The van der Waals surface area contributed by atoms with Crippen LogP contribution in [0.15, 0.2) is 0 Å². The lowest BCUT2D eigenvalue weighted by molar-refractivity contribution is -0.126. The number of primary amides is 1. The lowest BCUT2D eigenvalue weighted by Crippen LogP contribution is -2.55. The van der Waals surface area contributed by atoms with Crippen molar-refractivity contribution in [2.24, 2.45) is 11.7 Å². The number of nitrogens with two attached hydrogens (primary N) is 1. The largest absolute Gasteiger partial charge is 0.375 e. The van der Waals surface area contributed by atoms with Gasteiger partial charge in [-0.25, -0.2) is 0 Å². The van der Waals surface area contributed by atoms with Gasteiger partial charge in [-0.05, 0) is 45.4 Å². The van der Waals surface area contributed by atoms with E-state index in [1.54, 1.807) is 0 Å². The predicted molar refractivity (Wildman–Crippen MR) is 80.3 cm³/mol. The van der Waals surface area contributed by atoms with Crippen molar-refractivity contribution >= 4 is 5.91 Å². The Labute approximate surface area is 122 Å². The first-order valence-electron chi connectivity index (χ1n) is 8.12. The van der Waals surface area contributed by atoms with Crippen LogP contribution < -0.4 is 11.1 Å². The van der Waals surface area contributed by atoms with Crippen molar-refractivity contribution in [3.8, 4) is 0 Å². The zero-order chi connectivity index (χ0) is 14.8. The Bertz CT molecular complexity index is 343. The van der Waals surface area contributed by atoms with E-state index in [1.165, 1.54) is 12.8 Å². The Morgan fingerprint density at radius 2 is 2.10 bits per heavy atom. The molecule has 0 bridgehead atoms. The monoisotopic (exact) mass is 282 g/mol. The molecule has 4 unspecified atom stereocenters. The Morgan fingerprint density at radius 3 is 2.65 bits per heavy atom. The van der Waals surface area contributed by atoms with Crippen LogP contribution in [0.4, 0.5) is 0 Å². The standard InChI is InChI=1S/C16H30N2O2/c1-11-5-4-6-14(9-11)20-12(2)10-16(3,15(17)19)18-13-7-8-13/h11-14,18H,4-10H2,1-3H3,(H2,17,19). The zero-order valence-electron chi connectivity index (χ0n) is 13.2. The van der Waals surface area contributed by atoms with E-state index in [0.29, 0.717) is 18.6 Å². The first kappa shape index (κ1) is 15.8. The maximum atomic E-state index is 11.8. The van der Waals surface area contributed by atoms with Crippen molar-refractivity contribution in [3.63, 3.8) is 0 Å². The molecule has 0 saturated heterocycles. The molecule has 3 N–H and O–H groups in total. The van der Waals surface area contributed by atoms with Crippen molar-refractivity contribution < 1.29 is 9.53 Å². The minimum Gasteiger partial charge on any atom is -0.375 e. The molecule has 2 aliphatic carbocycles. The van der Waals surface area contributed by atoms with Gasteiger partial charge < -0.3 is 15.8 Å². The van der Waals surface area contributed by atoms with Crippen LogP contribution in [0.2, 0.25) is 0 Å². The summed E-state index contributed by atoms with van der Waals surface area (Å²) in [6, 6.07) is 0.467. The fraction of sp³-hybridized carbons (Fsp3) is 0.938. The number of rotatable bonds is 7. The average Bonchev–Trinajstić information content (AvgIpc) is 3.12. The van der Waals surface area contributed by atoms with Gasteiger partial charge in [-0.2, -0.15) is 0 Å². The maximum Gasteiger partial charge on any atom is 0.237 e. The van der Waals surface area contributed by atoms with Crippen LogP contribution in [0.3, 0.4) is 0 Å². The van der Waals surface area contributed by atoms with E-state index in [2.05, 4.69) is 19.2 Å². The van der Waals surface area contributed by atoms with Gasteiger partial charge in [-0.15, -0.1) is 0 Å². The second-order valence-corrected chi connectivity index (χ2v) is 7.16. The molecule has 0 heterocycles.